The Bertz CT molecular complexity index is 622. The van der Waals surface area contributed by atoms with Crippen molar-refractivity contribution in [2.24, 2.45) is 0 Å². The van der Waals surface area contributed by atoms with Gasteiger partial charge >= 0.3 is 0 Å². The van der Waals surface area contributed by atoms with Crippen LogP contribution in [0, 0.1) is 6.92 Å². The van der Waals surface area contributed by atoms with Crippen molar-refractivity contribution in [1.29, 1.82) is 0 Å². The number of halogens is 2. The molecule has 0 radical (unpaired) electrons. The fourth-order valence-corrected chi connectivity index (χ4v) is 3.41. The van der Waals surface area contributed by atoms with Crippen LogP contribution in [0.1, 0.15) is 29.2 Å². The van der Waals surface area contributed by atoms with Crippen LogP contribution in [-0.2, 0) is 6.42 Å². The second kappa shape index (κ2) is 5.29. The van der Waals surface area contributed by atoms with Gasteiger partial charge in [0.25, 0.3) is 0 Å². The van der Waals surface area contributed by atoms with Gasteiger partial charge in [0.1, 0.15) is 0 Å². The molecule has 1 aliphatic carbocycles. The van der Waals surface area contributed by atoms with E-state index in [-0.39, 0.29) is 0 Å². The predicted octanol–water partition coefficient (Wildman–Crippen LogP) is 5.62. The molecule has 0 bridgehead atoms. The Labute approximate surface area is 130 Å². The molecule has 1 aliphatic rings. The van der Waals surface area contributed by atoms with E-state index in [1.165, 1.54) is 26.9 Å². The van der Waals surface area contributed by atoms with Crippen LogP contribution < -0.4 is 5.32 Å². The summed E-state index contributed by atoms with van der Waals surface area (Å²) >= 11 is 7.13. The third-order valence-electron chi connectivity index (χ3n) is 3.70. The molecule has 0 aromatic heterocycles. The van der Waals surface area contributed by atoms with E-state index in [0.717, 1.165) is 17.3 Å². The number of nitrogens with one attached hydrogen (secondary N) is 1. The summed E-state index contributed by atoms with van der Waals surface area (Å²) in [6.07, 6.45) is 2.32. The molecule has 0 aliphatic heterocycles. The van der Waals surface area contributed by atoms with E-state index < -0.39 is 0 Å². The first-order valence-electron chi connectivity index (χ1n) is 6.44. The van der Waals surface area contributed by atoms with Crippen molar-refractivity contribution in [2.45, 2.75) is 25.8 Å². The van der Waals surface area contributed by atoms with E-state index in [4.69, 9.17) is 0 Å². The largest absolute Gasteiger partial charge is 0.378 e. The number of aryl methyl sites for hydroxylation is 2. The van der Waals surface area contributed by atoms with Crippen LogP contribution in [0.4, 0.5) is 5.69 Å². The highest BCUT2D eigenvalue weighted by molar-refractivity contribution is 9.10. The van der Waals surface area contributed by atoms with Gasteiger partial charge in [0, 0.05) is 14.6 Å². The standard InChI is InChI=1S/C16H15Br2N/c1-10-2-5-13(9-15(10)18)19-16-7-3-11-8-12(17)4-6-14(11)16/h2,4-6,8-9,16,19H,3,7H2,1H3. The topological polar surface area (TPSA) is 12.0 Å². The minimum Gasteiger partial charge on any atom is -0.378 e. The van der Waals surface area contributed by atoms with Gasteiger partial charge in [-0.15, -0.1) is 0 Å². The van der Waals surface area contributed by atoms with Crippen molar-refractivity contribution in [2.75, 3.05) is 5.32 Å². The van der Waals surface area contributed by atoms with Crippen LogP contribution in [0.15, 0.2) is 45.3 Å². The summed E-state index contributed by atoms with van der Waals surface area (Å²) in [6.45, 7) is 2.11. The molecule has 1 atom stereocenters. The predicted molar refractivity (Wildman–Crippen MR) is 87.7 cm³/mol. The fourth-order valence-electron chi connectivity index (χ4n) is 2.62. The second-order valence-corrected chi connectivity index (χ2v) is 6.81. The SMILES string of the molecule is Cc1ccc(NC2CCc3cc(Br)ccc32)cc1Br. The van der Waals surface area contributed by atoms with Crippen LogP contribution in [0.2, 0.25) is 0 Å². The second-order valence-electron chi connectivity index (χ2n) is 5.04. The summed E-state index contributed by atoms with van der Waals surface area (Å²) in [6, 6.07) is 13.5. The van der Waals surface area contributed by atoms with Gasteiger partial charge in [-0.25, -0.2) is 0 Å². The lowest BCUT2D eigenvalue weighted by molar-refractivity contribution is 0.762. The zero-order valence-corrected chi connectivity index (χ0v) is 13.9. The average Bonchev–Trinajstić information content (AvgIpc) is 2.76. The van der Waals surface area contributed by atoms with Gasteiger partial charge in [-0.1, -0.05) is 44.0 Å². The molecule has 1 nitrogen and oxygen atoms in total. The Balaban J connectivity index is 1.84. The van der Waals surface area contributed by atoms with Gasteiger partial charge < -0.3 is 5.32 Å². The number of benzene rings is 2. The Kier molecular flexibility index (Phi) is 3.68. The molecule has 1 N–H and O–H groups in total. The zero-order chi connectivity index (χ0) is 13.4. The summed E-state index contributed by atoms with van der Waals surface area (Å²) in [7, 11) is 0. The van der Waals surface area contributed by atoms with E-state index in [0.29, 0.717) is 6.04 Å². The van der Waals surface area contributed by atoms with Gasteiger partial charge in [-0.2, -0.15) is 0 Å². The summed E-state index contributed by atoms with van der Waals surface area (Å²) < 4.78 is 2.33. The van der Waals surface area contributed by atoms with Gasteiger partial charge in [0.15, 0.2) is 0 Å². The maximum atomic E-state index is 3.64. The quantitative estimate of drug-likeness (QED) is 0.712. The molecule has 3 rings (SSSR count). The maximum absolute atomic E-state index is 3.64. The number of hydrogen-bond donors (Lipinski definition) is 1. The van der Waals surface area contributed by atoms with E-state index in [1.807, 2.05) is 0 Å². The number of fused-ring (bicyclic) bond motifs is 1. The van der Waals surface area contributed by atoms with E-state index in [9.17, 15) is 0 Å². The molecule has 1 unspecified atom stereocenters. The molecular weight excluding hydrogens is 366 g/mol. The van der Waals surface area contributed by atoms with Gasteiger partial charge in [0.05, 0.1) is 6.04 Å². The maximum Gasteiger partial charge on any atom is 0.0519 e. The lowest BCUT2D eigenvalue weighted by atomic mass is 10.1. The van der Waals surface area contributed by atoms with Crippen LogP contribution >= 0.6 is 31.9 Å². The van der Waals surface area contributed by atoms with Crippen molar-refractivity contribution < 1.29 is 0 Å². The molecule has 19 heavy (non-hydrogen) atoms. The summed E-state index contributed by atoms with van der Waals surface area (Å²) in [5.74, 6) is 0. The number of rotatable bonds is 2. The van der Waals surface area contributed by atoms with E-state index in [2.05, 4.69) is 80.5 Å². The Morgan fingerprint density at radius 3 is 2.74 bits per heavy atom. The van der Waals surface area contributed by atoms with Gasteiger partial charge in [-0.05, 0) is 60.7 Å². The number of hydrogen-bond acceptors (Lipinski definition) is 1. The van der Waals surface area contributed by atoms with Crippen molar-refractivity contribution in [3.8, 4) is 0 Å². The molecule has 0 amide bonds. The highest BCUT2D eigenvalue weighted by Gasteiger charge is 2.22. The molecule has 0 saturated carbocycles. The molecule has 2 aromatic rings. The average molecular weight is 381 g/mol. The smallest absolute Gasteiger partial charge is 0.0519 e. The summed E-state index contributed by atoms with van der Waals surface area (Å²) in [4.78, 5) is 0. The lowest BCUT2D eigenvalue weighted by Gasteiger charge is -2.16. The van der Waals surface area contributed by atoms with Gasteiger partial charge in [0.2, 0.25) is 0 Å². The third-order valence-corrected chi connectivity index (χ3v) is 5.04. The Morgan fingerprint density at radius 2 is 1.95 bits per heavy atom. The summed E-state index contributed by atoms with van der Waals surface area (Å²) in [5, 5.41) is 3.64. The highest BCUT2D eigenvalue weighted by Crippen LogP contribution is 2.35. The van der Waals surface area contributed by atoms with Crippen molar-refractivity contribution in [1.82, 2.24) is 0 Å². The normalized spacial score (nSPS) is 17.3. The van der Waals surface area contributed by atoms with Crippen LogP contribution in [0.3, 0.4) is 0 Å². The minimum absolute atomic E-state index is 0.428. The monoisotopic (exact) mass is 379 g/mol. The van der Waals surface area contributed by atoms with Crippen LogP contribution in [-0.4, -0.2) is 0 Å². The molecule has 0 saturated heterocycles. The molecular formula is C16H15Br2N. The van der Waals surface area contributed by atoms with Crippen LogP contribution in [0.25, 0.3) is 0 Å². The first-order valence-corrected chi connectivity index (χ1v) is 8.03. The van der Waals surface area contributed by atoms with Crippen LogP contribution in [0.5, 0.6) is 0 Å². The zero-order valence-electron chi connectivity index (χ0n) is 10.7. The molecule has 3 heteroatoms. The Hall–Kier alpha value is -0.800. The molecule has 98 valence electrons. The molecule has 0 spiro atoms. The fraction of sp³-hybridized carbons (Fsp3) is 0.250. The molecule has 2 aromatic carbocycles. The van der Waals surface area contributed by atoms with Gasteiger partial charge in [-0.3, -0.25) is 0 Å². The number of anilines is 1. The first-order chi connectivity index (χ1) is 9.13. The van der Waals surface area contributed by atoms with Crippen molar-refractivity contribution in [3.05, 3.63) is 62.0 Å². The molecule has 0 heterocycles. The van der Waals surface area contributed by atoms with E-state index in [1.54, 1.807) is 0 Å². The van der Waals surface area contributed by atoms with Crippen molar-refractivity contribution in [3.63, 3.8) is 0 Å². The first kappa shape index (κ1) is 13.2. The Morgan fingerprint density at radius 1 is 1.11 bits per heavy atom. The lowest BCUT2D eigenvalue weighted by Crippen LogP contribution is -2.07. The highest BCUT2D eigenvalue weighted by atomic mass is 79.9. The summed E-state index contributed by atoms with van der Waals surface area (Å²) in [5.41, 5.74) is 5.33. The molecule has 0 fully saturated rings. The van der Waals surface area contributed by atoms with Crippen molar-refractivity contribution >= 4 is 37.5 Å². The van der Waals surface area contributed by atoms with E-state index >= 15 is 0 Å². The third kappa shape index (κ3) is 2.72. The minimum atomic E-state index is 0.428.